The van der Waals surface area contributed by atoms with Gasteiger partial charge in [-0.15, -0.1) is 11.3 Å². The Morgan fingerprint density at radius 3 is 2.36 bits per heavy atom. The average molecular weight is 758 g/mol. The van der Waals surface area contributed by atoms with Crippen LogP contribution >= 0.6 is 34.9 Å². The van der Waals surface area contributed by atoms with Crippen molar-refractivity contribution in [3.05, 3.63) is 63.4 Å². The quantitative estimate of drug-likeness (QED) is 0.208. The number of amides is 4. The first kappa shape index (κ1) is 36.6. The van der Waals surface area contributed by atoms with Crippen molar-refractivity contribution < 1.29 is 42.3 Å². The number of nitrogens with one attached hydrogen (secondary N) is 2. The van der Waals surface area contributed by atoms with Gasteiger partial charge in [0.1, 0.15) is 12.1 Å². The van der Waals surface area contributed by atoms with E-state index in [1.807, 2.05) is 0 Å². The lowest BCUT2D eigenvalue weighted by atomic mass is 9.85. The maximum absolute atomic E-state index is 14.3. The van der Waals surface area contributed by atoms with Gasteiger partial charge in [0.25, 0.3) is 5.91 Å². The summed E-state index contributed by atoms with van der Waals surface area (Å²) >= 11 is 4.36. The van der Waals surface area contributed by atoms with Crippen molar-refractivity contribution in [3.63, 3.8) is 0 Å². The number of benzene rings is 2. The molecule has 2 aromatic carbocycles. The van der Waals surface area contributed by atoms with Gasteiger partial charge in [-0.25, -0.2) is 0 Å². The zero-order valence-electron chi connectivity index (χ0n) is 26.1. The molecule has 4 rings (SSSR count). The second kappa shape index (κ2) is 14.1. The molecule has 0 aliphatic carbocycles. The smallest absolute Gasteiger partial charge is 0.359 e. The molecule has 0 unspecified atom stereocenters. The van der Waals surface area contributed by atoms with E-state index in [-0.39, 0.29) is 41.6 Å². The highest BCUT2D eigenvalue weighted by atomic mass is 79.9. The summed E-state index contributed by atoms with van der Waals surface area (Å²) in [6, 6.07) is 9.53. The Labute approximate surface area is 283 Å². The van der Waals surface area contributed by atoms with Crippen molar-refractivity contribution >= 4 is 74.3 Å². The monoisotopic (exact) mass is 756 g/mol. The van der Waals surface area contributed by atoms with Crippen LogP contribution in [0.4, 0.5) is 14.5 Å². The Hall–Kier alpha value is -3.23. The van der Waals surface area contributed by atoms with Crippen LogP contribution in [0.1, 0.15) is 55.3 Å². The molecule has 0 saturated carbocycles. The highest BCUT2D eigenvalue weighted by Gasteiger charge is 2.50. The third-order valence-electron chi connectivity index (χ3n) is 7.91. The zero-order chi connectivity index (χ0) is 34.9. The molecule has 1 saturated heterocycles. The second-order valence-electron chi connectivity index (χ2n) is 12.3. The molecular formula is C31H36BrF2N4O7PS. The number of fused-ring (bicyclic) bond motifs is 1. The maximum Gasteiger partial charge on any atom is 0.399 e. The number of hydrogen-bond acceptors (Lipinski definition) is 6. The van der Waals surface area contributed by atoms with Crippen LogP contribution in [0.2, 0.25) is 0 Å². The van der Waals surface area contributed by atoms with Gasteiger partial charge in [-0.05, 0) is 66.1 Å². The van der Waals surface area contributed by atoms with Crippen LogP contribution in [0, 0.1) is 5.41 Å². The van der Waals surface area contributed by atoms with E-state index in [2.05, 4.69) is 26.6 Å². The minimum absolute atomic E-state index is 0.0489. The van der Waals surface area contributed by atoms with Gasteiger partial charge in [-0.3, -0.25) is 23.7 Å². The molecule has 1 aromatic heterocycles. The molecule has 1 aliphatic heterocycles. The number of halogens is 3. The van der Waals surface area contributed by atoms with E-state index in [1.165, 1.54) is 29.0 Å². The summed E-state index contributed by atoms with van der Waals surface area (Å²) in [6.07, 6.45) is 0.988. The molecule has 2 atom stereocenters. The van der Waals surface area contributed by atoms with Gasteiger partial charge in [0, 0.05) is 47.0 Å². The Kier molecular flexibility index (Phi) is 11.0. The van der Waals surface area contributed by atoms with Crippen molar-refractivity contribution in [2.24, 2.45) is 5.41 Å². The lowest BCUT2D eigenvalue weighted by molar-refractivity contribution is -0.141. The Morgan fingerprint density at radius 1 is 1.11 bits per heavy atom. The van der Waals surface area contributed by atoms with Crippen LogP contribution in [-0.2, 0) is 24.6 Å². The number of alkyl halides is 2. The van der Waals surface area contributed by atoms with Crippen LogP contribution in [0.25, 0.3) is 10.1 Å². The number of carbonyl (C=O) groups excluding carboxylic acids is 4. The van der Waals surface area contributed by atoms with Crippen LogP contribution in [0.3, 0.4) is 0 Å². The summed E-state index contributed by atoms with van der Waals surface area (Å²) < 4.78 is 41.2. The summed E-state index contributed by atoms with van der Waals surface area (Å²) in [5.74, 6) is -1.71. The first-order chi connectivity index (χ1) is 21.8. The lowest BCUT2D eigenvalue weighted by Crippen LogP contribution is -2.58. The normalized spacial score (nSPS) is 16.2. The topological polar surface area (TPSA) is 156 Å². The molecular weight excluding hydrogens is 721 g/mol. The first-order valence-corrected chi connectivity index (χ1v) is 17.9. The van der Waals surface area contributed by atoms with Gasteiger partial charge in [0.05, 0.1) is 4.88 Å². The SMILES string of the molecule is CNC(=O)CCN(C(=O)[C@@H]1CCCN1C(=O)[C@@H](NC(=O)c1cc2cc(C(F)(F)P(=O)(O)O)ccc2s1)C(C)(C)C)c1ccc(Br)cc1. The van der Waals surface area contributed by atoms with E-state index in [9.17, 15) is 32.5 Å². The molecule has 4 N–H and O–H groups in total. The maximum atomic E-state index is 14.3. The third-order valence-corrected chi connectivity index (χ3v) is 10.5. The Morgan fingerprint density at radius 2 is 1.77 bits per heavy atom. The molecule has 0 radical (unpaired) electrons. The highest BCUT2D eigenvalue weighted by Crippen LogP contribution is 2.59. The number of carbonyl (C=O) groups is 4. The molecule has 3 aromatic rings. The van der Waals surface area contributed by atoms with E-state index in [0.29, 0.717) is 23.2 Å². The molecule has 16 heteroatoms. The summed E-state index contributed by atoms with van der Waals surface area (Å²) in [5.41, 5.74) is -5.53. The first-order valence-electron chi connectivity index (χ1n) is 14.7. The Bertz CT molecular complexity index is 1720. The van der Waals surface area contributed by atoms with Crippen molar-refractivity contribution in [2.45, 2.75) is 57.8 Å². The summed E-state index contributed by atoms with van der Waals surface area (Å²) in [6.45, 7) is 5.66. The third kappa shape index (κ3) is 8.09. The van der Waals surface area contributed by atoms with Gasteiger partial charge in [-0.1, -0.05) is 42.8 Å². The molecule has 47 heavy (non-hydrogen) atoms. The standard InChI is InChI=1S/C31H36BrF2N4O7PS/c1-30(2,3)26(36-27(40)24-17-18-16-19(7-12-23(18)47-24)31(33,34)46(43,44)45)29(42)38-14-5-6-22(38)28(41)37(15-13-25(39)35-4)21-10-8-20(32)9-11-21/h7-12,16-17,22,26H,5-6,13-15H2,1-4H3,(H,35,39)(H,36,40)(H2,43,44,45)/t22-,26+/m0/s1. The number of anilines is 1. The minimum Gasteiger partial charge on any atom is -0.359 e. The van der Waals surface area contributed by atoms with Crippen LogP contribution in [0.15, 0.2) is 53.0 Å². The highest BCUT2D eigenvalue weighted by molar-refractivity contribution is 9.10. The van der Waals surface area contributed by atoms with Crippen LogP contribution in [-0.4, -0.2) is 70.5 Å². The fourth-order valence-electron chi connectivity index (χ4n) is 5.32. The van der Waals surface area contributed by atoms with Crippen molar-refractivity contribution in [3.8, 4) is 0 Å². The molecule has 254 valence electrons. The molecule has 4 amide bonds. The number of thiophene rings is 1. The van der Waals surface area contributed by atoms with Crippen molar-refractivity contribution in [2.75, 3.05) is 25.0 Å². The summed E-state index contributed by atoms with van der Waals surface area (Å²) in [5, 5.41) is 5.51. The fraction of sp³-hybridized carbons (Fsp3) is 0.419. The summed E-state index contributed by atoms with van der Waals surface area (Å²) in [7, 11) is -4.28. The fourth-order valence-corrected chi connectivity index (χ4v) is 7.01. The molecule has 1 aliphatic rings. The van der Waals surface area contributed by atoms with Gasteiger partial charge >= 0.3 is 13.3 Å². The largest absolute Gasteiger partial charge is 0.399 e. The van der Waals surface area contributed by atoms with Crippen molar-refractivity contribution in [1.29, 1.82) is 0 Å². The molecule has 11 nitrogen and oxygen atoms in total. The van der Waals surface area contributed by atoms with E-state index in [4.69, 9.17) is 9.79 Å². The van der Waals surface area contributed by atoms with Crippen LogP contribution < -0.4 is 15.5 Å². The minimum atomic E-state index is -5.79. The number of hydrogen-bond donors (Lipinski definition) is 4. The second-order valence-corrected chi connectivity index (χ2v) is 15.9. The van der Waals surface area contributed by atoms with E-state index < -0.39 is 48.1 Å². The van der Waals surface area contributed by atoms with Crippen LogP contribution in [0.5, 0.6) is 0 Å². The van der Waals surface area contributed by atoms with E-state index in [0.717, 1.165) is 27.9 Å². The molecule has 1 fully saturated rings. The Balaban J connectivity index is 1.58. The predicted octanol–water partition coefficient (Wildman–Crippen LogP) is 5.20. The van der Waals surface area contributed by atoms with Gasteiger partial charge in [-0.2, -0.15) is 8.78 Å². The number of nitrogens with zero attached hydrogens (tertiary/aromatic N) is 2. The predicted molar refractivity (Wildman–Crippen MR) is 178 cm³/mol. The lowest BCUT2D eigenvalue weighted by Gasteiger charge is -2.36. The molecule has 2 heterocycles. The average Bonchev–Trinajstić information content (AvgIpc) is 3.66. The molecule has 0 bridgehead atoms. The van der Waals surface area contributed by atoms with Gasteiger partial charge in [0.2, 0.25) is 17.7 Å². The van der Waals surface area contributed by atoms with Gasteiger partial charge in [0.15, 0.2) is 0 Å². The van der Waals surface area contributed by atoms with Gasteiger partial charge < -0.3 is 30.2 Å². The van der Waals surface area contributed by atoms with Crippen molar-refractivity contribution in [1.82, 2.24) is 15.5 Å². The molecule has 0 spiro atoms. The zero-order valence-corrected chi connectivity index (χ0v) is 29.4. The van der Waals surface area contributed by atoms with E-state index in [1.54, 1.807) is 45.0 Å². The number of rotatable bonds is 10. The van der Waals surface area contributed by atoms with E-state index >= 15 is 0 Å². The summed E-state index contributed by atoms with van der Waals surface area (Å²) in [4.78, 5) is 75.0. The number of likely N-dealkylation sites (tertiary alicyclic amines) is 1.